The number of amides is 1. The molecule has 1 amide bonds. The number of aliphatic hydroxyl groups excluding tert-OH is 1. The first-order valence-electron chi connectivity index (χ1n) is 12.6. The third kappa shape index (κ3) is 6.43. The van der Waals surface area contributed by atoms with E-state index < -0.39 is 11.5 Å². The molecular formula is C28H33N7O3. The summed E-state index contributed by atoms with van der Waals surface area (Å²) in [6, 6.07) is 13.0. The van der Waals surface area contributed by atoms with Crippen molar-refractivity contribution in [3.8, 4) is 17.3 Å². The monoisotopic (exact) mass is 515 g/mol. The summed E-state index contributed by atoms with van der Waals surface area (Å²) in [4.78, 5) is 28.9. The average molecular weight is 516 g/mol. The maximum Gasteiger partial charge on any atom is 0.255 e. The van der Waals surface area contributed by atoms with E-state index in [0.717, 1.165) is 11.1 Å². The van der Waals surface area contributed by atoms with Crippen LogP contribution in [0.4, 0.5) is 17.5 Å². The zero-order valence-electron chi connectivity index (χ0n) is 22.2. The number of hydrogen-bond donors (Lipinski definition) is 3. The summed E-state index contributed by atoms with van der Waals surface area (Å²) in [6.07, 6.45) is 1.01. The maximum absolute atomic E-state index is 13.1. The van der Waals surface area contributed by atoms with Crippen molar-refractivity contribution in [2.24, 2.45) is 0 Å². The van der Waals surface area contributed by atoms with Gasteiger partial charge in [-0.2, -0.15) is 10.2 Å². The number of nitrogens with one attached hydrogen (secondary N) is 2. The predicted molar refractivity (Wildman–Crippen MR) is 146 cm³/mol. The highest BCUT2D eigenvalue weighted by atomic mass is 16.5. The number of benzene rings is 1. The Balaban J connectivity index is 1.64. The molecule has 2 aromatic heterocycles. The van der Waals surface area contributed by atoms with E-state index in [-0.39, 0.29) is 5.91 Å². The highest BCUT2D eigenvalue weighted by Gasteiger charge is 2.23. The van der Waals surface area contributed by atoms with Crippen LogP contribution in [-0.2, 0) is 10.2 Å². The van der Waals surface area contributed by atoms with Gasteiger partial charge in [-0.05, 0) is 57.5 Å². The van der Waals surface area contributed by atoms with Gasteiger partial charge in [0.05, 0.1) is 42.2 Å². The normalized spacial score (nSPS) is 14.5. The van der Waals surface area contributed by atoms with Gasteiger partial charge in [0.15, 0.2) is 0 Å². The fourth-order valence-corrected chi connectivity index (χ4v) is 3.97. The molecule has 0 bridgehead atoms. The molecule has 3 heterocycles. The van der Waals surface area contributed by atoms with E-state index in [1.54, 1.807) is 39.1 Å². The van der Waals surface area contributed by atoms with Gasteiger partial charge in [-0.25, -0.2) is 4.98 Å². The molecule has 0 aliphatic carbocycles. The van der Waals surface area contributed by atoms with Crippen molar-refractivity contribution < 1.29 is 14.6 Å². The zero-order chi connectivity index (χ0) is 27.3. The number of aliphatic hydroxyl groups is 1. The number of nitriles is 1. The van der Waals surface area contributed by atoms with Crippen LogP contribution in [-0.4, -0.2) is 64.9 Å². The van der Waals surface area contributed by atoms with Gasteiger partial charge in [0.2, 0.25) is 5.95 Å². The van der Waals surface area contributed by atoms with Crippen LogP contribution in [0, 0.1) is 18.3 Å². The fraction of sp³-hybridized carbons (Fsp3) is 0.393. The van der Waals surface area contributed by atoms with Crippen molar-refractivity contribution in [2.75, 3.05) is 48.4 Å². The Labute approximate surface area is 222 Å². The lowest BCUT2D eigenvalue weighted by Gasteiger charge is -2.27. The minimum atomic E-state index is -0.807. The van der Waals surface area contributed by atoms with Crippen LogP contribution in [0.2, 0.25) is 0 Å². The van der Waals surface area contributed by atoms with Gasteiger partial charge in [0, 0.05) is 48.7 Å². The molecule has 198 valence electrons. The van der Waals surface area contributed by atoms with Crippen molar-refractivity contribution >= 4 is 23.4 Å². The largest absolute Gasteiger partial charge is 0.392 e. The van der Waals surface area contributed by atoms with E-state index in [4.69, 9.17) is 9.72 Å². The molecule has 1 aliphatic heterocycles. The van der Waals surface area contributed by atoms with Crippen LogP contribution in [0.3, 0.4) is 0 Å². The molecule has 1 aromatic carbocycles. The molecule has 1 saturated heterocycles. The lowest BCUT2D eigenvalue weighted by Crippen LogP contribution is -2.37. The number of ether oxygens (including phenoxy) is 1. The second-order valence-corrected chi connectivity index (χ2v) is 9.92. The highest BCUT2D eigenvalue weighted by Crippen LogP contribution is 2.29. The number of pyridine rings is 1. The number of carbonyl (C=O) groups is 1. The number of rotatable bonds is 8. The Kier molecular flexibility index (Phi) is 8.20. The summed E-state index contributed by atoms with van der Waals surface area (Å²) < 4.78 is 5.48. The predicted octanol–water partition coefficient (Wildman–Crippen LogP) is 3.53. The van der Waals surface area contributed by atoms with Crippen LogP contribution in [0.15, 0.2) is 42.6 Å². The van der Waals surface area contributed by atoms with E-state index in [2.05, 4.69) is 31.6 Å². The number of hydrogen-bond acceptors (Lipinski definition) is 9. The van der Waals surface area contributed by atoms with E-state index in [9.17, 15) is 15.2 Å². The van der Waals surface area contributed by atoms with Gasteiger partial charge < -0.3 is 25.4 Å². The summed E-state index contributed by atoms with van der Waals surface area (Å²) in [5.41, 5.74) is 3.29. The van der Waals surface area contributed by atoms with Gasteiger partial charge >= 0.3 is 0 Å². The minimum Gasteiger partial charge on any atom is -0.392 e. The van der Waals surface area contributed by atoms with Crippen molar-refractivity contribution in [1.82, 2.24) is 15.0 Å². The molecule has 1 aliphatic rings. The Morgan fingerprint density at radius 2 is 1.97 bits per heavy atom. The van der Waals surface area contributed by atoms with E-state index in [1.807, 2.05) is 31.2 Å². The third-order valence-electron chi connectivity index (χ3n) is 6.30. The topological polar surface area (TPSA) is 136 Å². The molecule has 38 heavy (non-hydrogen) atoms. The summed E-state index contributed by atoms with van der Waals surface area (Å²) in [5, 5.41) is 25.3. The molecule has 1 fully saturated rings. The third-order valence-corrected chi connectivity index (χ3v) is 6.30. The molecule has 0 unspecified atom stereocenters. The van der Waals surface area contributed by atoms with Crippen molar-refractivity contribution in [1.29, 1.82) is 5.26 Å². The Bertz CT molecular complexity index is 1340. The average Bonchev–Trinajstić information content (AvgIpc) is 2.93. The smallest absolute Gasteiger partial charge is 0.255 e. The van der Waals surface area contributed by atoms with Crippen molar-refractivity contribution in [3.05, 3.63) is 59.4 Å². The molecule has 3 aromatic rings. The summed E-state index contributed by atoms with van der Waals surface area (Å²) in [7, 11) is 0. The first-order valence-corrected chi connectivity index (χ1v) is 12.6. The Morgan fingerprint density at radius 1 is 1.21 bits per heavy atom. The van der Waals surface area contributed by atoms with Crippen molar-refractivity contribution in [3.63, 3.8) is 0 Å². The number of morpholine rings is 1. The molecule has 0 saturated carbocycles. The zero-order valence-corrected chi connectivity index (χ0v) is 22.2. The van der Waals surface area contributed by atoms with Crippen LogP contribution in [0.5, 0.6) is 0 Å². The number of anilines is 3. The van der Waals surface area contributed by atoms with E-state index in [1.165, 1.54) is 0 Å². The number of carbonyl (C=O) groups excluding carboxylic acids is 1. The van der Waals surface area contributed by atoms with Gasteiger partial charge in [-0.3, -0.25) is 9.78 Å². The minimum absolute atomic E-state index is 0.298. The first kappa shape index (κ1) is 27.0. The SMILES string of the molecule is Cc1ccc(NC(=O)c2ccnc(C(C)(C)C#N)c2)cc1-c1cc(NC[C@@H](C)O)nc(N2CCOCC2)n1. The maximum atomic E-state index is 13.1. The van der Waals surface area contributed by atoms with Gasteiger partial charge in [0.25, 0.3) is 5.91 Å². The lowest BCUT2D eigenvalue weighted by atomic mass is 9.90. The van der Waals surface area contributed by atoms with Gasteiger partial charge in [0.1, 0.15) is 5.82 Å². The Hall–Kier alpha value is -4.07. The number of aryl methyl sites for hydroxylation is 1. The second kappa shape index (κ2) is 11.5. The molecule has 3 N–H and O–H groups in total. The Morgan fingerprint density at radius 3 is 2.68 bits per heavy atom. The molecule has 10 heteroatoms. The lowest BCUT2D eigenvalue weighted by molar-refractivity contribution is 0.102. The first-order chi connectivity index (χ1) is 18.2. The van der Waals surface area contributed by atoms with Gasteiger partial charge in [-0.1, -0.05) is 6.07 Å². The van der Waals surface area contributed by atoms with E-state index in [0.29, 0.717) is 67.3 Å². The number of aromatic nitrogens is 3. The summed E-state index contributed by atoms with van der Waals surface area (Å²) in [5.74, 6) is 0.890. The highest BCUT2D eigenvalue weighted by molar-refractivity contribution is 6.04. The van der Waals surface area contributed by atoms with Crippen LogP contribution < -0.4 is 15.5 Å². The molecule has 4 rings (SSSR count). The van der Waals surface area contributed by atoms with Crippen LogP contribution >= 0.6 is 0 Å². The summed E-state index contributed by atoms with van der Waals surface area (Å²) in [6.45, 7) is 10.2. The number of nitrogens with zero attached hydrogens (tertiary/aromatic N) is 5. The van der Waals surface area contributed by atoms with Crippen LogP contribution in [0.1, 0.15) is 42.4 Å². The second-order valence-electron chi connectivity index (χ2n) is 9.92. The molecule has 1 atom stereocenters. The fourth-order valence-electron chi connectivity index (χ4n) is 3.97. The van der Waals surface area contributed by atoms with Gasteiger partial charge in [-0.15, -0.1) is 0 Å². The summed E-state index contributed by atoms with van der Waals surface area (Å²) >= 11 is 0. The molecule has 0 radical (unpaired) electrons. The molecule has 0 spiro atoms. The standard InChI is InChI=1S/C28H33N7O3/c1-18-5-6-21(32-26(37)20-7-8-30-24(13-20)28(3,4)17-29)14-22(18)23-15-25(31-16-19(2)36)34-27(33-23)35-9-11-38-12-10-35/h5-8,13-15,19,36H,9-12,16H2,1-4H3,(H,32,37)(H,31,33,34)/t19-/m1/s1. The molecule has 10 nitrogen and oxygen atoms in total. The molecular weight excluding hydrogens is 482 g/mol. The van der Waals surface area contributed by atoms with E-state index >= 15 is 0 Å². The van der Waals surface area contributed by atoms with Crippen molar-refractivity contribution in [2.45, 2.75) is 39.2 Å². The van der Waals surface area contributed by atoms with Crippen LogP contribution in [0.25, 0.3) is 11.3 Å². The quantitative estimate of drug-likeness (QED) is 0.411.